The van der Waals surface area contributed by atoms with E-state index >= 15 is 0 Å². The third-order valence-corrected chi connectivity index (χ3v) is 3.68. The van der Waals surface area contributed by atoms with Gasteiger partial charge in [-0.05, 0) is 49.4 Å². The third kappa shape index (κ3) is 4.87. The zero-order chi connectivity index (χ0) is 18.4. The Balaban J connectivity index is 2.03. The number of hydrogen-bond acceptors (Lipinski definition) is 4. The molecule has 132 valence electrons. The molecule has 0 heterocycles. The number of rotatable bonds is 6. The molecule has 2 amide bonds. The van der Waals surface area contributed by atoms with Gasteiger partial charge in [0.1, 0.15) is 11.5 Å². The standard InChI is InChI=1S/C18H19ClN2O4/c1-11(25-14-7-4-12(5-8-14)18(23)20-2)17(22)21-15-10-13(19)6-9-16(15)24-3/h4-11H,1-3H3,(H,20,23)(H,21,22). The van der Waals surface area contributed by atoms with Crippen molar-refractivity contribution < 1.29 is 19.1 Å². The van der Waals surface area contributed by atoms with Gasteiger partial charge in [0.25, 0.3) is 11.8 Å². The molecule has 0 spiro atoms. The number of ether oxygens (including phenoxy) is 2. The monoisotopic (exact) mass is 362 g/mol. The number of amides is 2. The molecule has 0 aliphatic heterocycles. The van der Waals surface area contributed by atoms with Gasteiger partial charge >= 0.3 is 0 Å². The fourth-order valence-electron chi connectivity index (χ4n) is 2.10. The molecule has 7 heteroatoms. The first kappa shape index (κ1) is 18.6. The Morgan fingerprint density at radius 3 is 2.40 bits per heavy atom. The fourth-order valence-corrected chi connectivity index (χ4v) is 2.27. The number of benzene rings is 2. The predicted molar refractivity (Wildman–Crippen MR) is 96.6 cm³/mol. The minimum atomic E-state index is -0.755. The van der Waals surface area contributed by atoms with Crippen molar-refractivity contribution in [2.75, 3.05) is 19.5 Å². The van der Waals surface area contributed by atoms with E-state index in [-0.39, 0.29) is 11.8 Å². The highest BCUT2D eigenvalue weighted by atomic mass is 35.5. The van der Waals surface area contributed by atoms with E-state index in [1.54, 1.807) is 56.4 Å². The topological polar surface area (TPSA) is 76.7 Å². The molecule has 0 radical (unpaired) electrons. The van der Waals surface area contributed by atoms with Crippen molar-refractivity contribution in [3.8, 4) is 11.5 Å². The van der Waals surface area contributed by atoms with Crippen LogP contribution in [0.25, 0.3) is 0 Å². The average Bonchev–Trinajstić information content (AvgIpc) is 2.61. The van der Waals surface area contributed by atoms with Crippen LogP contribution < -0.4 is 20.1 Å². The van der Waals surface area contributed by atoms with E-state index in [0.29, 0.717) is 27.8 Å². The fraction of sp³-hybridized carbons (Fsp3) is 0.222. The van der Waals surface area contributed by atoms with E-state index in [1.165, 1.54) is 7.11 Å². The van der Waals surface area contributed by atoms with Crippen molar-refractivity contribution in [1.82, 2.24) is 5.32 Å². The molecule has 0 saturated heterocycles. The first-order valence-electron chi connectivity index (χ1n) is 7.57. The molecule has 25 heavy (non-hydrogen) atoms. The summed E-state index contributed by atoms with van der Waals surface area (Å²) in [4.78, 5) is 23.8. The Morgan fingerprint density at radius 2 is 1.80 bits per heavy atom. The van der Waals surface area contributed by atoms with Crippen molar-refractivity contribution in [3.63, 3.8) is 0 Å². The molecule has 0 saturated carbocycles. The Morgan fingerprint density at radius 1 is 1.12 bits per heavy atom. The lowest BCUT2D eigenvalue weighted by molar-refractivity contribution is -0.122. The van der Waals surface area contributed by atoms with Gasteiger partial charge in [0.15, 0.2) is 6.10 Å². The van der Waals surface area contributed by atoms with Crippen LogP contribution in [0.15, 0.2) is 42.5 Å². The molecule has 2 aromatic rings. The van der Waals surface area contributed by atoms with Crippen LogP contribution in [0.5, 0.6) is 11.5 Å². The molecule has 0 bridgehead atoms. The lowest BCUT2D eigenvalue weighted by atomic mass is 10.2. The van der Waals surface area contributed by atoms with Crippen molar-refractivity contribution in [2.24, 2.45) is 0 Å². The van der Waals surface area contributed by atoms with Crippen LogP contribution in [0, 0.1) is 0 Å². The van der Waals surface area contributed by atoms with Crippen molar-refractivity contribution in [1.29, 1.82) is 0 Å². The number of carbonyl (C=O) groups is 2. The minimum absolute atomic E-state index is 0.189. The van der Waals surface area contributed by atoms with Crippen molar-refractivity contribution >= 4 is 29.1 Å². The van der Waals surface area contributed by atoms with E-state index in [2.05, 4.69) is 10.6 Å². The highest BCUT2D eigenvalue weighted by Gasteiger charge is 2.17. The summed E-state index contributed by atoms with van der Waals surface area (Å²) in [5.41, 5.74) is 0.973. The van der Waals surface area contributed by atoms with Crippen LogP contribution in [-0.4, -0.2) is 32.1 Å². The zero-order valence-electron chi connectivity index (χ0n) is 14.1. The predicted octanol–water partition coefficient (Wildman–Crippen LogP) is 3.11. The summed E-state index contributed by atoms with van der Waals surface area (Å²) < 4.78 is 10.8. The minimum Gasteiger partial charge on any atom is -0.495 e. The van der Waals surface area contributed by atoms with Gasteiger partial charge in [-0.1, -0.05) is 11.6 Å². The van der Waals surface area contributed by atoms with Gasteiger partial charge in [0, 0.05) is 17.6 Å². The number of anilines is 1. The van der Waals surface area contributed by atoms with Gasteiger partial charge in [-0.15, -0.1) is 0 Å². The van der Waals surface area contributed by atoms with Crippen LogP contribution in [-0.2, 0) is 4.79 Å². The van der Waals surface area contributed by atoms with Gasteiger partial charge in [0.2, 0.25) is 0 Å². The van der Waals surface area contributed by atoms with Gasteiger partial charge in [-0.2, -0.15) is 0 Å². The van der Waals surface area contributed by atoms with E-state index < -0.39 is 6.10 Å². The Labute approximate surface area is 151 Å². The first-order valence-corrected chi connectivity index (χ1v) is 7.95. The van der Waals surface area contributed by atoms with Crippen molar-refractivity contribution in [2.45, 2.75) is 13.0 Å². The molecule has 0 aromatic heterocycles. The maximum absolute atomic E-state index is 12.3. The molecule has 0 fully saturated rings. The van der Waals surface area contributed by atoms with E-state index in [1.807, 2.05) is 0 Å². The Kier molecular flexibility index (Phi) is 6.25. The molecule has 1 atom stereocenters. The Bertz CT molecular complexity index is 762. The van der Waals surface area contributed by atoms with Gasteiger partial charge in [0.05, 0.1) is 12.8 Å². The summed E-state index contributed by atoms with van der Waals surface area (Å²) in [7, 11) is 3.07. The van der Waals surface area contributed by atoms with Crippen LogP contribution >= 0.6 is 11.6 Å². The molecule has 1 unspecified atom stereocenters. The number of methoxy groups -OCH3 is 1. The normalized spacial score (nSPS) is 11.4. The SMILES string of the molecule is CNC(=O)c1ccc(OC(C)C(=O)Nc2cc(Cl)ccc2OC)cc1. The molecule has 0 aliphatic rings. The largest absolute Gasteiger partial charge is 0.495 e. The smallest absolute Gasteiger partial charge is 0.265 e. The summed E-state index contributed by atoms with van der Waals surface area (Å²) in [6.07, 6.45) is -0.755. The highest BCUT2D eigenvalue weighted by Crippen LogP contribution is 2.28. The quantitative estimate of drug-likeness (QED) is 0.827. The summed E-state index contributed by atoms with van der Waals surface area (Å²) in [6.45, 7) is 1.62. The number of nitrogens with one attached hydrogen (secondary N) is 2. The molecule has 0 aliphatic carbocycles. The first-order chi connectivity index (χ1) is 11.9. The molecule has 2 N–H and O–H groups in total. The lowest BCUT2D eigenvalue weighted by Crippen LogP contribution is -2.30. The summed E-state index contributed by atoms with van der Waals surface area (Å²) in [5.74, 6) is 0.439. The second-order valence-electron chi connectivity index (χ2n) is 5.20. The third-order valence-electron chi connectivity index (χ3n) is 3.45. The maximum atomic E-state index is 12.3. The molecule has 2 aromatic carbocycles. The highest BCUT2D eigenvalue weighted by molar-refractivity contribution is 6.31. The lowest BCUT2D eigenvalue weighted by Gasteiger charge is -2.16. The second kappa shape index (κ2) is 8.39. The van der Waals surface area contributed by atoms with Crippen molar-refractivity contribution in [3.05, 3.63) is 53.1 Å². The number of hydrogen-bond donors (Lipinski definition) is 2. The molecular weight excluding hydrogens is 344 g/mol. The molecular formula is C18H19ClN2O4. The van der Waals surface area contributed by atoms with Crippen LogP contribution in [0.4, 0.5) is 5.69 Å². The van der Waals surface area contributed by atoms with E-state index in [9.17, 15) is 9.59 Å². The van der Waals surface area contributed by atoms with Crippen LogP contribution in [0.3, 0.4) is 0 Å². The van der Waals surface area contributed by atoms with Gasteiger partial charge in [-0.3, -0.25) is 9.59 Å². The average molecular weight is 363 g/mol. The zero-order valence-corrected chi connectivity index (χ0v) is 14.9. The molecule has 2 rings (SSSR count). The van der Waals surface area contributed by atoms with E-state index in [0.717, 1.165) is 0 Å². The second-order valence-corrected chi connectivity index (χ2v) is 5.63. The number of halogens is 1. The number of carbonyl (C=O) groups excluding carboxylic acids is 2. The summed E-state index contributed by atoms with van der Waals surface area (Å²) in [5, 5.41) is 5.74. The summed E-state index contributed by atoms with van der Waals surface area (Å²) in [6, 6.07) is 11.5. The van der Waals surface area contributed by atoms with Gasteiger partial charge < -0.3 is 20.1 Å². The van der Waals surface area contributed by atoms with Gasteiger partial charge in [-0.25, -0.2) is 0 Å². The maximum Gasteiger partial charge on any atom is 0.265 e. The Hall–Kier alpha value is -2.73. The van der Waals surface area contributed by atoms with Crippen LogP contribution in [0.2, 0.25) is 5.02 Å². The summed E-state index contributed by atoms with van der Waals surface area (Å²) >= 11 is 5.95. The molecule has 6 nitrogen and oxygen atoms in total. The van der Waals surface area contributed by atoms with Crippen LogP contribution in [0.1, 0.15) is 17.3 Å². The van der Waals surface area contributed by atoms with E-state index in [4.69, 9.17) is 21.1 Å².